The smallest absolute Gasteiger partial charge is 0.331 e. The van der Waals surface area contributed by atoms with Crippen LogP contribution in [-0.2, 0) is 14.3 Å². The van der Waals surface area contributed by atoms with Crippen LogP contribution < -0.4 is 14.8 Å². The van der Waals surface area contributed by atoms with Gasteiger partial charge in [0, 0.05) is 11.8 Å². The van der Waals surface area contributed by atoms with E-state index in [1.807, 2.05) is 31.2 Å². The number of benzene rings is 2. The van der Waals surface area contributed by atoms with Crippen molar-refractivity contribution in [3.8, 4) is 11.5 Å². The maximum atomic E-state index is 12.2. The van der Waals surface area contributed by atoms with Crippen molar-refractivity contribution in [3.05, 3.63) is 59.7 Å². The molecule has 0 bridgehead atoms. The molecule has 0 aromatic heterocycles. The zero-order chi connectivity index (χ0) is 19.2. The van der Waals surface area contributed by atoms with Gasteiger partial charge in [-0.25, -0.2) is 4.79 Å². The molecule has 1 aliphatic heterocycles. The van der Waals surface area contributed by atoms with Gasteiger partial charge in [0.1, 0.15) is 13.2 Å². The molecule has 2 aromatic rings. The summed E-state index contributed by atoms with van der Waals surface area (Å²) in [6, 6.07) is 12.8. The van der Waals surface area contributed by atoms with Gasteiger partial charge >= 0.3 is 5.97 Å². The van der Waals surface area contributed by atoms with E-state index in [1.165, 1.54) is 13.0 Å². The Labute approximate surface area is 157 Å². The van der Waals surface area contributed by atoms with E-state index in [1.54, 1.807) is 24.3 Å². The number of rotatable bonds is 5. The lowest BCUT2D eigenvalue weighted by Crippen LogP contribution is -2.29. The van der Waals surface area contributed by atoms with Crippen LogP contribution in [0.2, 0.25) is 0 Å². The number of hydrogen-bond donors (Lipinski definition) is 1. The number of aryl methyl sites for hydroxylation is 1. The fourth-order valence-electron chi connectivity index (χ4n) is 2.54. The van der Waals surface area contributed by atoms with Crippen LogP contribution >= 0.6 is 0 Å². The van der Waals surface area contributed by atoms with Crippen LogP contribution in [0.4, 0.5) is 5.69 Å². The van der Waals surface area contributed by atoms with Crippen LogP contribution in [-0.4, -0.2) is 31.2 Å². The van der Waals surface area contributed by atoms with E-state index in [4.69, 9.17) is 14.2 Å². The molecule has 0 saturated carbocycles. The Kier molecular flexibility index (Phi) is 5.76. The SMILES string of the molecule is Cc1ccccc1NC(=O)[C@H](C)OC(=O)/C=C/c1ccc2c(c1)OCCO2. The first-order valence-electron chi connectivity index (χ1n) is 8.68. The Morgan fingerprint density at radius 2 is 1.85 bits per heavy atom. The predicted octanol–water partition coefficient (Wildman–Crippen LogP) is 3.35. The number of anilines is 1. The molecule has 0 radical (unpaired) electrons. The Hall–Kier alpha value is -3.28. The van der Waals surface area contributed by atoms with Crippen LogP contribution in [0.1, 0.15) is 18.1 Å². The van der Waals surface area contributed by atoms with E-state index in [0.29, 0.717) is 30.4 Å². The largest absolute Gasteiger partial charge is 0.486 e. The molecule has 1 aliphatic rings. The fraction of sp³-hybridized carbons (Fsp3) is 0.238. The highest BCUT2D eigenvalue weighted by molar-refractivity contribution is 5.97. The van der Waals surface area contributed by atoms with Gasteiger partial charge in [0.25, 0.3) is 5.91 Å². The van der Waals surface area contributed by atoms with Gasteiger partial charge in [-0.05, 0) is 49.2 Å². The monoisotopic (exact) mass is 367 g/mol. The molecule has 0 spiro atoms. The molecule has 0 aliphatic carbocycles. The van der Waals surface area contributed by atoms with Gasteiger partial charge in [0.05, 0.1) is 0 Å². The number of esters is 1. The van der Waals surface area contributed by atoms with Gasteiger partial charge in [0.2, 0.25) is 0 Å². The third kappa shape index (κ3) is 4.88. The normalized spacial score (nSPS) is 13.9. The average molecular weight is 367 g/mol. The molecule has 1 heterocycles. The summed E-state index contributed by atoms with van der Waals surface area (Å²) >= 11 is 0. The van der Waals surface area contributed by atoms with Crippen molar-refractivity contribution in [1.82, 2.24) is 0 Å². The maximum absolute atomic E-state index is 12.2. The van der Waals surface area contributed by atoms with Crippen molar-refractivity contribution in [2.24, 2.45) is 0 Å². The van der Waals surface area contributed by atoms with E-state index in [9.17, 15) is 9.59 Å². The van der Waals surface area contributed by atoms with Gasteiger partial charge in [-0.3, -0.25) is 4.79 Å². The van der Waals surface area contributed by atoms with E-state index in [2.05, 4.69) is 5.32 Å². The van der Waals surface area contributed by atoms with E-state index >= 15 is 0 Å². The molecule has 1 amide bonds. The lowest BCUT2D eigenvalue weighted by atomic mass is 10.2. The van der Waals surface area contributed by atoms with Crippen molar-refractivity contribution < 1.29 is 23.8 Å². The van der Waals surface area contributed by atoms with Gasteiger partial charge in [-0.15, -0.1) is 0 Å². The van der Waals surface area contributed by atoms with E-state index < -0.39 is 12.1 Å². The number of para-hydroxylation sites is 1. The minimum Gasteiger partial charge on any atom is -0.486 e. The van der Waals surface area contributed by atoms with Crippen LogP contribution in [0.5, 0.6) is 11.5 Å². The molecule has 2 aromatic carbocycles. The number of carbonyl (C=O) groups is 2. The summed E-state index contributed by atoms with van der Waals surface area (Å²) in [6.07, 6.45) is 1.97. The standard InChI is InChI=1S/C21H21NO5/c1-14-5-3-4-6-17(14)22-21(24)15(2)27-20(23)10-8-16-7-9-18-19(13-16)26-12-11-25-18/h3-10,13,15H,11-12H2,1-2H3,(H,22,24)/b10-8+/t15-/m0/s1. The number of hydrogen-bond acceptors (Lipinski definition) is 5. The molecule has 0 unspecified atom stereocenters. The minimum absolute atomic E-state index is 0.384. The first-order chi connectivity index (χ1) is 13.0. The van der Waals surface area contributed by atoms with Gasteiger partial charge in [-0.2, -0.15) is 0 Å². The summed E-state index contributed by atoms with van der Waals surface area (Å²) in [5.41, 5.74) is 2.40. The second-order valence-corrected chi connectivity index (χ2v) is 6.12. The zero-order valence-corrected chi connectivity index (χ0v) is 15.2. The third-order valence-corrected chi connectivity index (χ3v) is 4.04. The quantitative estimate of drug-likeness (QED) is 0.648. The molecular weight excluding hydrogens is 346 g/mol. The second-order valence-electron chi connectivity index (χ2n) is 6.12. The number of nitrogens with one attached hydrogen (secondary N) is 1. The van der Waals surface area contributed by atoms with Gasteiger partial charge in [0.15, 0.2) is 17.6 Å². The van der Waals surface area contributed by atoms with Gasteiger partial charge in [-0.1, -0.05) is 24.3 Å². The summed E-state index contributed by atoms with van der Waals surface area (Å²) in [5, 5.41) is 2.75. The molecule has 3 rings (SSSR count). The molecule has 0 saturated heterocycles. The number of amides is 1. The molecular formula is C21H21NO5. The van der Waals surface area contributed by atoms with Crippen LogP contribution in [0.3, 0.4) is 0 Å². The molecule has 1 atom stereocenters. The van der Waals surface area contributed by atoms with Crippen LogP contribution in [0.25, 0.3) is 6.08 Å². The number of carbonyl (C=O) groups excluding carboxylic acids is 2. The van der Waals surface area contributed by atoms with Crippen molar-refractivity contribution in [1.29, 1.82) is 0 Å². The Morgan fingerprint density at radius 1 is 1.11 bits per heavy atom. The predicted molar refractivity (Wildman–Crippen MR) is 102 cm³/mol. The average Bonchev–Trinajstić information content (AvgIpc) is 2.68. The fourth-order valence-corrected chi connectivity index (χ4v) is 2.54. The molecule has 6 nitrogen and oxygen atoms in total. The summed E-state index contributed by atoms with van der Waals surface area (Å²) < 4.78 is 16.1. The molecule has 27 heavy (non-hydrogen) atoms. The first kappa shape index (κ1) is 18.5. The highest BCUT2D eigenvalue weighted by Gasteiger charge is 2.17. The van der Waals surface area contributed by atoms with Crippen molar-refractivity contribution in [2.75, 3.05) is 18.5 Å². The lowest BCUT2D eigenvalue weighted by molar-refractivity contribution is -0.148. The van der Waals surface area contributed by atoms with Crippen molar-refractivity contribution in [3.63, 3.8) is 0 Å². The topological polar surface area (TPSA) is 73.9 Å². The second kappa shape index (κ2) is 8.40. The molecule has 0 fully saturated rings. The Bertz CT molecular complexity index is 875. The summed E-state index contributed by atoms with van der Waals surface area (Å²) in [7, 11) is 0. The maximum Gasteiger partial charge on any atom is 0.331 e. The van der Waals surface area contributed by atoms with Crippen LogP contribution in [0.15, 0.2) is 48.5 Å². The Morgan fingerprint density at radius 3 is 2.63 bits per heavy atom. The number of ether oxygens (including phenoxy) is 3. The summed E-state index contributed by atoms with van der Waals surface area (Å²) in [5.74, 6) is 0.341. The Balaban J connectivity index is 1.56. The highest BCUT2D eigenvalue weighted by atomic mass is 16.6. The van der Waals surface area contributed by atoms with Crippen LogP contribution in [0, 0.1) is 6.92 Å². The third-order valence-electron chi connectivity index (χ3n) is 4.04. The number of fused-ring (bicyclic) bond motifs is 1. The van der Waals surface area contributed by atoms with Crippen molar-refractivity contribution >= 4 is 23.6 Å². The first-order valence-corrected chi connectivity index (χ1v) is 8.68. The molecule has 6 heteroatoms. The summed E-state index contributed by atoms with van der Waals surface area (Å²) in [6.45, 7) is 4.44. The minimum atomic E-state index is -0.915. The molecule has 140 valence electrons. The van der Waals surface area contributed by atoms with Crippen molar-refractivity contribution in [2.45, 2.75) is 20.0 Å². The van der Waals surface area contributed by atoms with E-state index in [-0.39, 0.29) is 5.91 Å². The zero-order valence-electron chi connectivity index (χ0n) is 15.2. The molecule has 1 N–H and O–H groups in total. The lowest BCUT2D eigenvalue weighted by Gasteiger charge is -2.18. The van der Waals surface area contributed by atoms with Gasteiger partial charge < -0.3 is 19.5 Å². The summed E-state index contributed by atoms with van der Waals surface area (Å²) in [4.78, 5) is 24.2. The highest BCUT2D eigenvalue weighted by Crippen LogP contribution is 2.31. The van der Waals surface area contributed by atoms with E-state index in [0.717, 1.165) is 11.1 Å².